The van der Waals surface area contributed by atoms with E-state index in [9.17, 15) is 4.79 Å². The summed E-state index contributed by atoms with van der Waals surface area (Å²) in [5, 5.41) is 7.19. The van der Waals surface area contributed by atoms with Crippen molar-refractivity contribution in [2.75, 3.05) is 0 Å². The third-order valence-electron chi connectivity index (χ3n) is 3.98. The van der Waals surface area contributed by atoms with Crippen LogP contribution in [0, 0.1) is 0 Å². The van der Waals surface area contributed by atoms with Crippen LogP contribution < -0.4 is 4.74 Å². The molecule has 106 valence electrons. The predicted octanol–water partition coefficient (Wildman–Crippen LogP) is 5.07. The van der Waals surface area contributed by atoms with Gasteiger partial charge in [-0.2, -0.15) is 0 Å². The maximum atomic E-state index is 11.1. The Kier molecular flexibility index (Phi) is 2.83. The van der Waals surface area contributed by atoms with Crippen molar-refractivity contribution in [2.24, 2.45) is 0 Å². The molecule has 0 radical (unpaired) electrons. The van der Waals surface area contributed by atoms with Gasteiger partial charge < -0.3 is 4.74 Å². The summed E-state index contributed by atoms with van der Waals surface area (Å²) in [5.74, 6) is 0.284. The molecule has 4 rings (SSSR count). The smallest absolute Gasteiger partial charge is 0.308 e. The normalized spacial score (nSPS) is 11.1. The first-order chi connectivity index (χ1) is 10.7. The lowest BCUT2D eigenvalue weighted by atomic mass is 9.97. The van der Waals surface area contributed by atoms with Gasteiger partial charge in [-0.05, 0) is 44.5 Å². The van der Waals surface area contributed by atoms with Crippen molar-refractivity contribution in [2.45, 2.75) is 6.92 Å². The number of hydrogen-bond donors (Lipinski definition) is 0. The minimum absolute atomic E-state index is 0.300. The maximum Gasteiger partial charge on any atom is 0.308 e. The van der Waals surface area contributed by atoms with Crippen LogP contribution in [0.5, 0.6) is 5.75 Å². The first kappa shape index (κ1) is 12.8. The summed E-state index contributed by atoms with van der Waals surface area (Å²) in [4.78, 5) is 11.1. The highest BCUT2D eigenvalue weighted by molar-refractivity contribution is 6.17. The lowest BCUT2D eigenvalue weighted by molar-refractivity contribution is -0.131. The average Bonchev–Trinajstić information content (AvgIpc) is 2.53. The van der Waals surface area contributed by atoms with E-state index in [0.717, 1.165) is 5.39 Å². The molecule has 0 spiro atoms. The molecule has 0 aliphatic carbocycles. The van der Waals surface area contributed by atoms with Gasteiger partial charge in [0, 0.05) is 6.92 Å². The van der Waals surface area contributed by atoms with E-state index in [-0.39, 0.29) is 5.97 Å². The molecule has 2 heteroatoms. The Labute approximate surface area is 127 Å². The van der Waals surface area contributed by atoms with Gasteiger partial charge >= 0.3 is 5.97 Å². The predicted molar refractivity (Wildman–Crippen MR) is 90.3 cm³/mol. The number of carbonyl (C=O) groups excluding carboxylic acids is 1. The third kappa shape index (κ3) is 2.01. The molecule has 0 N–H and O–H groups in total. The van der Waals surface area contributed by atoms with E-state index in [1.165, 1.54) is 33.9 Å². The summed E-state index contributed by atoms with van der Waals surface area (Å²) in [6.07, 6.45) is 0. The van der Waals surface area contributed by atoms with Gasteiger partial charge in [0.2, 0.25) is 0 Å². The van der Waals surface area contributed by atoms with Crippen molar-refractivity contribution in [1.82, 2.24) is 0 Å². The summed E-state index contributed by atoms with van der Waals surface area (Å²) < 4.78 is 5.17. The molecule has 0 aliphatic rings. The standard InChI is InChI=1S/C20H14O2/c1-13(21)22-16-8-11-18-15(12-16)7-10-19-17-5-3-2-4-14(17)6-9-20(18)19/h2-12H,1H3. The number of fused-ring (bicyclic) bond motifs is 5. The van der Waals surface area contributed by atoms with Crippen molar-refractivity contribution < 1.29 is 9.53 Å². The quantitative estimate of drug-likeness (QED) is 0.277. The number of ether oxygens (including phenoxy) is 1. The highest BCUT2D eigenvalue weighted by Crippen LogP contribution is 2.32. The summed E-state index contributed by atoms with van der Waals surface area (Å²) >= 11 is 0. The zero-order valence-corrected chi connectivity index (χ0v) is 12.2. The molecule has 4 aromatic carbocycles. The highest BCUT2D eigenvalue weighted by Gasteiger charge is 2.06. The number of benzene rings is 4. The molecule has 0 atom stereocenters. The van der Waals surface area contributed by atoms with Gasteiger partial charge in [0.25, 0.3) is 0 Å². The van der Waals surface area contributed by atoms with Crippen molar-refractivity contribution in [3.05, 3.63) is 66.7 Å². The summed E-state index contributed by atoms with van der Waals surface area (Å²) in [5.41, 5.74) is 0. The molecule has 0 bridgehead atoms. The largest absolute Gasteiger partial charge is 0.427 e. The van der Waals surface area contributed by atoms with Gasteiger partial charge in [0.1, 0.15) is 5.75 Å². The molecule has 0 aromatic heterocycles. The molecule has 0 aliphatic heterocycles. The Bertz CT molecular complexity index is 1030. The molecule has 0 amide bonds. The number of rotatable bonds is 1. The van der Waals surface area contributed by atoms with Crippen LogP contribution in [0.1, 0.15) is 6.92 Å². The van der Waals surface area contributed by atoms with Gasteiger partial charge in [0.05, 0.1) is 0 Å². The molecule has 0 fully saturated rings. The van der Waals surface area contributed by atoms with Crippen LogP contribution in [0.2, 0.25) is 0 Å². The van der Waals surface area contributed by atoms with Gasteiger partial charge in [0.15, 0.2) is 0 Å². The van der Waals surface area contributed by atoms with Crippen LogP contribution in [-0.2, 0) is 4.79 Å². The van der Waals surface area contributed by atoms with E-state index in [4.69, 9.17) is 4.74 Å². The Morgan fingerprint density at radius 3 is 2.14 bits per heavy atom. The Balaban J connectivity index is 2.03. The van der Waals surface area contributed by atoms with Gasteiger partial charge in [-0.3, -0.25) is 4.79 Å². The minimum atomic E-state index is -0.300. The molecular weight excluding hydrogens is 272 g/mol. The summed E-state index contributed by atoms with van der Waals surface area (Å²) in [6, 6.07) is 22.7. The van der Waals surface area contributed by atoms with Crippen LogP contribution in [0.15, 0.2) is 66.7 Å². The van der Waals surface area contributed by atoms with Crippen molar-refractivity contribution in [3.8, 4) is 5.75 Å². The minimum Gasteiger partial charge on any atom is -0.427 e. The fraction of sp³-hybridized carbons (Fsp3) is 0.0500. The highest BCUT2D eigenvalue weighted by atomic mass is 16.5. The van der Waals surface area contributed by atoms with Crippen LogP contribution in [0.3, 0.4) is 0 Å². The monoisotopic (exact) mass is 286 g/mol. The second kappa shape index (κ2) is 4.85. The molecular formula is C20H14O2. The lowest BCUT2D eigenvalue weighted by Crippen LogP contribution is -2.00. The van der Waals surface area contributed by atoms with E-state index in [1.807, 2.05) is 18.2 Å². The van der Waals surface area contributed by atoms with E-state index in [1.54, 1.807) is 0 Å². The number of carbonyl (C=O) groups is 1. The molecule has 2 nitrogen and oxygen atoms in total. The molecule has 0 saturated carbocycles. The van der Waals surface area contributed by atoms with Crippen LogP contribution >= 0.6 is 0 Å². The molecule has 0 heterocycles. The number of hydrogen-bond acceptors (Lipinski definition) is 2. The zero-order chi connectivity index (χ0) is 15.1. The molecule has 4 aromatic rings. The fourth-order valence-corrected chi connectivity index (χ4v) is 3.04. The van der Waals surface area contributed by atoms with Crippen molar-refractivity contribution in [3.63, 3.8) is 0 Å². The average molecular weight is 286 g/mol. The van der Waals surface area contributed by atoms with Crippen LogP contribution in [0.25, 0.3) is 32.3 Å². The maximum absolute atomic E-state index is 11.1. The van der Waals surface area contributed by atoms with E-state index in [0.29, 0.717) is 5.75 Å². The van der Waals surface area contributed by atoms with Gasteiger partial charge in [-0.1, -0.05) is 54.6 Å². The third-order valence-corrected chi connectivity index (χ3v) is 3.98. The number of esters is 1. The summed E-state index contributed by atoms with van der Waals surface area (Å²) in [6.45, 7) is 1.41. The van der Waals surface area contributed by atoms with Crippen molar-refractivity contribution in [1.29, 1.82) is 0 Å². The summed E-state index contributed by atoms with van der Waals surface area (Å²) in [7, 11) is 0. The Morgan fingerprint density at radius 1 is 0.727 bits per heavy atom. The Hall–Kier alpha value is -2.87. The van der Waals surface area contributed by atoms with Gasteiger partial charge in [-0.15, -0.1) is 0 Å². The van der Waals surface area contributed by atoms with Crippen LogP contribution in [-0.4, -0.2) is 5.97 Å². The molecule has 22 heavy (non-hydrogen) atoms. The second-order valence-corrected chi connectivity index (χ2v) is 5.42. The fourth-order valence-electron chi connectivity index (χ4n) is 3.04. The van der Waals surface area contributed by atoms with E-state index >= 15 is 0 Å². The first-order valence-corrected chi connectivity index (χ1v) is 7.25. The van der Waals surface area contributed by atoms with E-state index < -0.39 is 0 Å². The van der Waals surface area contributed by atoms with E-state index in [2.05, 4.69) is 48.5 Å². The molecule has 0 unspecified atom stereocenters. The molecule has 0 saturated heterocycles. The first-order valence-electron chi connectivity index (χ1n) is 7.25. The second-order valence-electron chi connectivity index (χ2n) is 5.42. The lowest BCUT2D eigenvalue weighted by Gasteiger charge is -2.09. The van der Waals surface area contributed by atoms with Gasteiger partial charge in [-0.25, -0.2) is 0 Å². The van der Waals surface area contributed by atoms with Crippen molar-refractivity contribution >= 4 is 38.3 Å². The van der Waals surface area contributed by atoms with Crippen LogP contribution in [0.4, 0.5) is 0 Å². The Morgan fingerprint density at radius 2 is 1.36 bits per heavy atom. The SMILES string of the molecule is CC(=O)Oc1ccc2c(ccc3c4ccccc4ccc23)c1. The topological polar surface area (TPSA) is 26.3 Å². The zero-order valence-electron chi connectivity index (χ0n) is 12.2.